The number of aryl methyl sites for hydroxylation is 1. The minimum Gasteiger partial charge on any atom is -0.478 e. The van der Waals surface area contributed by atoms with Crippen molar-refractivity contribution in [3.8, 4) is 10.8 Å². The lowest BCUT2D eigenvalue weighted by Crippen LogP contribution is -2.37. The Morgan fingerprint density at radius 2 is 2.06 bits per heavy atom. The molecule has 1 aliphatic carbocycles. The number of aliphatic hydroxyl groups excluding tert-OH is 1. The Bertz CT molecular complexity index is 1130. The van der Waals surface area contributed by atoms with Gasteiger partial charge in [0.15, 0.2) is 5.06 Å². The third-order valence-corrected chi connectivity index (χ3v) is 6.61. The van der Waals surface area contributed by atoms with Crippen LogP contribution in [-0.4, -0.2) is 28.8 Å². The number of fused-ring (bicyclic) bond motifs is 1. The van der Waals surface area contributed by atoms with Gasteiger partial charge in [-0.3, -0.25) is 0 Å². The van der Waals surface area contributed by atoms with Crippen LogP contribution < -0.4 is 10.1 Å². The zero-order valence-electron chi connectivity index (χ0n) is 17.7. The van der Waals surface area contributed by atoms with E-state index in [0.717, 1.165) is 41.5 Å². The van der Waals surface area contributed by atoms with Gasteiger partial charge in [0.2, 0.25) is 0 Å². The second kappa shape index (κ2) is 11.7. The second-order valence-electron chi connectivity index (χ2n) is 7.78. The lowest BCUT2D eigenvalue weighted by atomic mass is 9.88. The van der Waals surface area contributed by atoms with Crippen LogP contribution in [0, 0.1) is 0 Å². The number of carboxylic acids is 1. The van der Waals surface area contributed by atoms with Crippen molar-refractivity contribution in [2.45, 2.75) is 31.4 Å². The molecule has 0 unspecified atom stereocenters. The van der Waals surface area contributed by atoms with Gasteiger partial charge in [0.1, 0.15) is 5.75 Å². The van der Waals surface area contributed by atoms with Crippen LogP contribution in [0.15, 0.2) is 60.7 Å². The largest absolute Gasteiger partial charge is 0.478 e. The topological polar surface area (TPSA) is 78.8 Å². The van der Waals surface area contributed by atoms with E-state index in [-0.39, 0.29) is 18.4 Å². The lowest BCUT2D eigenvalue weighted by Gasteiger charge is -2.27. The molecule has 0 saturated heterocycles. The molecule has 2 aromatic carbocycles. The average Bonchev–Trinajstić information content (AvgIpc) is 3.23. The summed E-state index contributed by atoms with van der Waals surface area (Å²) in [6.07, 6.45) is 4.92. The summed E-state index contributed by atoms with van der Waals surface area (Å²) in [4.78, 5) is 11.5. The number of aliphatic carboxylic acids is 1. The van der Waals surface area contributed by atoms with Crippen LogP contribution in [0.3, 0.4) is 0 Å². The maximum absolute atomic E-state index is 10.7. The summed E-state index contributed by atoms with van der Waals surface area (Å²) >= 11 is 7.42. The molecule has 0 saturated carbocycles. The highest BCUT2D eigenvalue weighted by atomic mass is 35.5. The average molecular weight is 506 g/mol. The van der Waals surface area contributed by atoms with Crippen molar-refractivity contribution in [1.82, 2.24) is 5.32 Å². The minimum absolute atomic E-state index is 0. The van der Waals surface area contributed by atoms with Gasteiger partial charge in [-0.2, -0.15) is 0 Å². The van der Waals surface area contributed by atoms with E-state index in [1.54, 1.807) is 18.2 Å². The highest BCUT2D eigenvalue weighted by molar-refractivity contribution is 7.14. The van der Waals surface area contributed by atoms with Gasteiger partial charge in [-0.25, -0.2) is 4.79 Å². The molecule has 174 valence electrons. The second-order valence-corrected chi connectivity index (χ2v) is 9.29. The number of hydrogen-bond acceptors (Lipinski definition) is 5. The van der Waals surface area contributed by atoms with Crippen LogP contribution >= 0.6 is 35.3 Å². The molecule has 33 heavy (non-hydrogen) atoms. The number of carbonyl (C=O) groups is 1. The van der Waals surface area contributed by atoms with Crippen molar-refractivity contribution in [1.29, 1.82) is 0 Å². The van der Waals surface area contributed by atoms with Gasteiger partial charge in [-0.1, -0.05) is 41.1 Å². The molecule has 5 nitrogen and oxygen atoms in total. The first-order valence-electron chi connectivity index (χ1n) is 10.4. The van der Waals surface area contributed by atoms with E-state index in [1.165, 1.54) is 22.5 Å². The number of nitrogens with one attached hydrogen (secondary N) is 1. The number of benzene rings is 2. The monoisotopic (exact) mass is 505 g/mol. The zero-order valence-corrected chi connectivity index (χ0v) is 20.1. The molecule has 0 spiro atoms. The summed E-state index contributed by atoms with van der Waals surface area (Å²) < 4.78 is 6.00. The van der Waals surface area contributed by atoms with Crippen molar-refractivity contribution in [3.05, 3.63) is 87.3 Å². The fourth-order valence-corrected chi connectivity index (χ4v) is 4.81. The van der Waals surface area contributed by atoms with Crippen molar-refractivity contribution in [2.75, 3.05) is 6.54 Å². The number of hydrogen-bond donors (Lipinski definition) is 3. The first kappa shape index (κ1) is 25.3. The first-order chi connectivity index (χ1) is 15.5. The van der Waals surface area contributed by atoms with Gasteiger partial charge in [0, 0.05) is 28.6 Å². The third-order valence-electron chi connectivity index (χ3n) is 5.45. The van der Waals surface area contributed by atoms with Gasteiger partial charge in [-0.05, 0) is 78.4 Å². The van der Waals surface area contributed by atoms with Gasteiger partial charge in [-0.15, -0.1) is 12.4 Å². The molecule has 3 N–H and O–H groups in total. The summed E-state index contributed by atoms with van der Waals surface area (Å²) in [5, 5.41) is 24.0. The lowest BCUT2D eigenvalue weighted by molar-refractivity contribution is -0.131. The van der Waals surface area contributed by atoms with Gasteiger partial charge in [0.25, 0.3) is 0 Å². The Morgan fingerprint density at radius 3 is 2.85 bits per heavy atom. The summed E-state index contributed by atoms with van der Waals surface area (Å²) in [5.74, 6) is -0.210. The smallest absolute Gasteiger partial charge is 0.328 e. The fourth-order valence-electron chi connectivity index (χ4n) is 3.83. The Hall–Kier alpha value is -2.35. The van der Waals surface area contributed by atoms with Crippen molar-refractivity contribution >= 4 is 47.4 Å². The Balaban J connectivity index is 0.00000306. The SMILES string of the molecule is Cl.O=C(O)C=Cc1ccc(Oc2ccc3c(c2)C[C@@H](NC[C@H](O)c2cccc(Cl)c2)CC3)s1. The maximum Gasteiger partial charge on any atom is 0.328 e. The Morgan fingerprint density at radius 1 is 1.21 bits per heavy atom. The number of halogens is 2. The highest BCUT2D eigenvalue weighted by Gasteiger charge is 2.20. The predicted molar refractivity (Wildman–Crippen MR) is 135 cm³/mol. The van der Waals surface area contributed by atoms with Gasteiger partial charge < -0.3 is 20.3 Å². The zero-order chi connectivity index (χ0) is 22.5. The van der Waals surface area contributed by atoms with Crippen molar-refractivity contribution < 1.29 is 19.7 Å². The number of rotatable bonds is 8. The molecule has 0 aliphatic heterocycles. The van der Waals surface area contributed by atoms with Gasteiger partial charge in [0.05, 0.1) is 6.10 Å². The minimum atomic E-state index is -0.973. The summed E-state index contributed by atoms with van der Waals surface area (Å²) in [7, 11) is 0. The molecular formula is C25H25Cl2NO4S. The number of thiophene rings is 1. The van der Waals surface area contributed by atoms with E-state index in [2.05, 4.69) is 17.4 Å². The van der Waals surface area contributed by atoms with Crippen LogP contribution in [0.5, 0.6) is 10.8 Å². The van der Waals surface area contributed by atoms with Crippen LogP contribution in [0.1, 0.15) is 34.1 Å². The highest BCUT2D eigenvalue weighted by Crippen LogP contribution is 2.33. The molecule has 4 rings (SSSR count). The van der Waals surface area contributed by atoms with E-state index in [9.17, 15) is 9.90 Å². The molecular weight excluding hydrogens is 481 g/mol. The van der Waals surface area contributed by atoms with Gasteiger partial charge >= 0.3 is 5.97 Å². The number of ether oxygens (including phenoxy) is 1. The molecule has 0 radical (unpaired) electrons. The maximum atomic E-state index is 10.7. The molecule has 0 fully saturated rings. The van der Waals surface area contributed by atoms with E-state index in [4.69, 9.17) is 21.4 Å². The molecule has 3 aromatic rings. The van der Waals surface area contributed by atoms with Crippen molar-refractivity contribution in [3.63, 3.8) is 0 Å². The predicted octanol–water partition coefficient (Wildman–Crippen LogP) is 5.89. The third kappa shape index (κ3) is 7.06. The van der Waals surface area contributed by atoms with E-state index in [1.807, 2.05) is 30.3 Å². The molecule has 0 amide bonds. The van der Waals surface area contributed by atoms with Crippen LogP contribution in [0.25, 0.3) is 6.08 Å². The number of aliphatic hydroxyl groups is 1. The standard InChI is InChI=1S/C25H24ClNO4S.ClH/c26-19-3-1-2-17(12-19)23(28)15-27-20-6-4-16-5-7-21(14-18(16)13-20)31-25-11-9-22(32-25)8-10-24(29)30;/h1-3,5,7-12,14,20,23,27-28H,4,6,13,15H2,(H,29,30);1H/t20-,23-;/m0./s1. The quantitative estimate of drug-likeness (QED) is 0.332. The molecule has 1 heterocycles. The Labute approximate surface area is 208 Å². The number of carboxylic acid groups (broad SMARTS) is 1. The molecule has 0 bridgehead atoms. The molecule has 2 atom stereocenters. The van der Waals surface area contributed by atoms with E-state index in [0.29, 0.717) is 16.6 Å². The van der Waals surface area contributed by atoms with Crippen LogP contribution in [0.2, 0.25) is 5.02 Å². The molecule has 1 aromatic heterocycles. The molecule has 8 heteroatoms. The molecule has 1 aliphatic rings. The Kier molecular flexibility index (Phi) is 8.95. The van der Waals surface area contributed by atoms with Crippen LogP contribution in [0.4, 0.5) is 0 Å². The van der Waals surface area contributed by atoms with E-state index >= 15 is 0 Å². The fraction of sp³-hybridized carbons (Fsp3) is 0.240. The summed E-state index contributed by atoms with van der Waals surface area (Å²) in [6, 6.07) is 17.4. The normalized spacial score (nSPS) is 16.1. The first-order valence-corrected chi connectivity index (χ1v) is 11.6. The van der Waals surface area contributed by atoms with Crippen molar-refractivity contribution in [2.24, 2.45) is 0 Å². The van der Waals surface area contributed by atoms with Crippen LogP contribution in [-0.2, 0) is 17.6 Å². The summed E-state index contributed by atoms with van der Waals surface area (Å²) in [6.45, 7) is 0.471. The van der Waals surface area contributed by atoms with E-state index < -0.39 is 12.1 Å². The summed E-state index contributed by atoms with van der Waals surface area (Å²) in [5.41, 5.74) is 3.37.